The molecule has 0 aliphatic carbocycles. The van der Waals surface area contributed by atoms with Crippen LogP contribution in [0.5, 0.6) is 0 Å². The van der Waals surface area contributed by atoms with Crippen molar-refractivity contribution in [1.82, 2.24) is 14.9 Å². The standard InChI is InChI=1S/C18H19N3S/c1-2-6-15(14(5-1)13-21-9-11-22-12-10-21)18-19-16-7-3-4-8-17(16)20-18/h1-8H,9-13H2,(H,19,20). The summed E-state index contributed by atoms with van der Waals surface area (Å²) in [5.41, 5.74) is 4.70. The van der Waals surface area contributed by atoms with Gasteiger partial charge >= 0.3 is 0 Å². The van der Waals surface area contributed by atoms with Crippen LogP contribution < -0.4 is 0 Å². The van der Waals surface area contributed by atoms with Crippen LogP contribution in [-0.2, 0) is 6.54 Å². The minimum atomic E-state index is 0.975. The molecule has 1 saturated heterocycles. The van der Waals surface area contributed by atoms with Crippen molar-refractivity contribution in [1.29, 1.82) is 0 Å². The topological polar surface area (TPSA) is 31.9 Å². The molecule has 1 N–H and O–H groups in total. The molecule has 4 rings (SSSR count). The first-order chi connectivity index (χ1) is 10.9. The smallest absolute Gasteiger partial charge is 0.138 e. The number of nitrogens with one attached hydrogen (secondary N) is 1. The van der Waals surface area contributed by atoms with E-state index in [0.717, 1.165) is 23.4 Å². The summed E-state index contributed by atoms with van der Waals surface area (Å²) in [5.74, 6) is 3.46. The first kappa shape index (κ1) is 13.9. The molecule has 2 aromatic carbocycles. The molecule has 0 amide bonds. The van der Waals surface area contributed by atoms with Crippen molar-refractivity contribution in [2.24, 2.45) is 0 Å². The zero-order valence-corrected chi connectivity index (χ0v) is 13.3. The molecule has 4 heteroatoms. The van der Waals surface area contributed by atoms with Gasteiger partial charge in [0.15, 0.2) is 0 Å². The molecule has 0 bridgehead atoms. The highest BCUT2D eigenvalue weighted by Gasteiger charge is 2.14. The van der Waals surface area contributed by atoms with E-state index in [-0.39, 0.29) is 0 Å². The monoisotopic (exact) mass is 309 g/mol. The Hall–Kier alpha value is -1.78. The van der Waals surface area contributed by atoms with E-state index in [1.165, 1.54) is 35.7 Å². The molecule has 3 nitrogen and oxygen atoms in total. The van der Waals surface area contributed by atoms with E-state index >= 15 is 0 Å². The third-order valence-corrected chi connectivity index (χ3v) is 5.10. The average Bonchev–Trinajstić information content (AvgIpc) is 3.00. The SMILES string of the molecule is c1ccc(-c2nc3ccccc3[nH]2)c(CN2CCSCC2)c1. The fraction of sp³-hybridized carbons (Fsp3) is 0.278. The number of aromatic amines is 1. The number of H-pyrrole nitrogens is 1. The number of para-hydroxylation sites is 2. The zero-order chi connectivity index (χ0) is 14.8. The summed E-state index contributed by atoms with van der Waals surface area (Å²) in [4.78, 5) is 10.8. The summed E-state index contributed by atoms with van der Waals surface area (Å²) in [5, 5.41) is 0. The van der Waals surface area contributed by atoms with Gasteiger partial charge in [-0.05, 0) is 17.7 Å². The second-order valence-corrected chi connectivity index (χ2v) is 6.87. The van der Waals surface area contributed by atoms with E-state index in [9.17, 15) is 0 Å². The normalized spacial score (nSPS) is 16.2. The second kappa shape index (κ2) is 6.15. The third-order valence-electron chi connectivity index (χ3n) is 4.16. The maximum Gasteiger partial charge on any atom is 0.138 e. The van der Waals surface area contributed by atoms with E-state index in [1.807, 2.05) is 12.1 Å². The first-order valence-corrected chi connectivity index (χ1v) is 8.89. The number of aromatic nitrogens is 2. The molecule has 22 heavy (non-hydrogen) atoms. The number of hydrogen-bond acceptors (Lipinski definition) is 3. The van der Waals surface area contributed by atoms with E-state index in [1.54, 1.807) is 0 Å². The van der Waals surface area contributed by atoms with Crippen LogP contribution in [0.1, 0.15) is 5.56 Å². The molecule has 0 unspecified atom stereocenters. The van der Waals surface area contributed by atoms with Crippen molar-refractivity contribution in [3.63, 3.8) is 0 Å². The van der Waals surface area contributed by atoms with Crippen LogP contribution in [0.25, 0.3) is 22.4 Å². The van der Waals surface area contributed by atoms with Gasteiger partial charge in [-0.1, -0.05) is 36.4 Å². The van der Waals surface area contributed by atoms with Gasteiger partial charge in [0.1, 0.15) is 5.82 Å². The number of benzene rings is 2. The molecule has 0 atom stereocenters. The predicted octanol–water partition coefficient (Wildman–Crippen LogP) is 3.78. The Morgan fingerprint density at radius 2 is 1.77 bits per heavy atom. The Morgan fingerprint density at radius 1 is 1.00 bits per heavy atom. The molecule has 3 aromatic rings. The van der Waals surface area contributed by atoms with Crippen molar-refractivity contribution < 1.29 is 0 Å². The quantitative estimate of drug-likeness (QED) is 0.799. The highest BCUT2D eigenvalue weighted by molar-refractivity contribution is 7.99. The van der Waals surface area contributed by atoms with Crippen LogP contribution in [-0.4, -0.2) is 39.5 Å². The van der Waals surface area contributed by atoms with Gasteiger partial charge in [0.25, 0.3) is 0 Å². The third kappa shape index (κ3) is 2.76. The Kier molecular flexibility index (Phi) is 3.87. The maximum atomic E-state index is 4.76. The van der Waals surface area contributed by atoms with Crippen molar-refractivity contribution in [2.45, 2.75) is 6.54 Å². The largest absolute Gasteiger partial charge is 0.338 e. The molecule has 1 aliphatic heterocycles. The predicted molar refractivity (Wildman–Crippen MR) is 94.1 cm³/mol. The summed E-state index contributed by atoms with van der Waals surface area (Å²) in [7, 11) is 0. The Morgan fingerprint density at radius 3 is 2.64 bits per heavy atom. The van der Waals surface area contributed by atoms with Crippen molar-refractivity contribution in [3.05, 3.63) is 54.1 Å². The van der Waals surface area contributed by atoms with E-state index < -0.39 is 0 Å². The minimum absolute atomic E-state index is 0.975. The Labute approximate surface area is 134 Å². The van der Waals surface area contributed by atoms with Gasteiger partial charge in [-0.2, -0.15) is 11.8 Å². The molecule has 112 valence electrons. The summed E-state index contributed by atoms with van der Waals surface area (Å²) < 4.78 is 0. The highest BCUT2D eigenvalue weighted by atomic mass is 32.2. The number of imidazole rings is 1. The van der Waals surface area contributed by atoms with Crippen LogP contribution in [0.15, 0.2) is 48.5 Å². The first-order valence-electron chi connectivity index (χ1n) is 7.73. The summed E-state index contributed by atoms with van der Waals surface area (Å²) >= 11 is 2.05. The highest BCUT2D eigenvalue weighted by Crippen LogP contribution is 2.25. The molecule has 0 radical (unpaired) electrons. The van der Waals surface area contributed by atoms with Crippen LogP contribution in [0.3, 0.4) is 0 Å². The van der Waals surface area contributed by atoms with E-state index in [2.05, 4.69) is 58.0 Å². The lowest BCUT2D eigenvalue weighted by Crippen LogP contribution is -2.32. The summed E-state index contributed by atoms with van der Waals surface area (Å²) in [6, 6.07) is 16.8. The Balaban J connectivity index is 1.68. The zero-order valence-electron chi connectivity index (χ0n) is 12.5. The van der Waals surface area contributed by atoms with Gasteiger partial charge in [-0.25, -0.2) is 4.98 Å². The fourth-order valence-corrected chi connectivity index (χ4v) is 3.95. The maximum absolute atomic E-state index is 4.76. The van der Waals surface area contributed by atoms with Gasteiger partial charge in [0, 0.05) is 36.7 Å². The average molecular weight is 309 g/mol. The minimum Gasteiger partial charge on any atom is -0.338 e. The second-order valence-electron chi connectivity index (χ2n) is 5.65. The number of thioether (sulfide) groups is 1. The molecular weight excluding hydrogens is 290 g/mol. The fourth-order valence-electron chi connectivity index (χ4n) is 2.97. The lowest BCUT2D eigenvalue weighted by molar-refractivity contribution is 0.295. The summed E-state index contributed by atoms with van der Waals surface area (Å²) in [6.45, 7) is 3.37. The Bertz CT molecular complexity index is 742. The molecule has 0 spiro atoms. The van der Waals surface area contributed by atoms with Gasteiger partial charge < -0.3 is 4.98 Å². The molecular formula is C18H19N3S. The molecule has 1 aliphatic rings. The van der Waals surface area contributed by atoms with Crippen LogP contribution in [0.4, 0.5) is 0 Å². The van der Waals surface area contributed by atoms with Gasteiger partial charge in [0.05, 0.1) is 11.0 Å². The molecule has 1 fully saturated rings. The van der Waals surface area contributed by atoms with Gasteiger partial charge in [-0.3, -0.25) is 4.90 Å². The van der Waals surface area contributed by atoms with Crippen molar-refractivity contribution in [3.8, 4) is 11.4 Å². The van der Waals surface area contributed by atoms with Crippen LogP contribution in [0, 0.1) is 0 Å². The lowest BCUT2D eigenvalue weighted by atomic mass is 10.1. The van der Waals surface area contributed by atoms with E-state index in [0.29, 0.717) is 0 Å². The molecule has 1 aromatic heterocycles. The molecule has 0 saturated carbocycles. The van der Waals surface area contributed by atoms with E-state index in [4.69, 9.17) is 4.98 Å². The summed E-state index contributed by atoms with van der Waals surface area (Å²) in [6.07, 6.45) is 0. The van der Waals surface area contributed by atoms with Crippen molar-refractivity contribution in [2.75, 3.05) is 24.6 Å². The number of fused-ring (bicyclic) bond motifs is 1. The molecule has 2 heterocycles. The number of hydrogen-bond donors (Lipinski definition) is 1. The van der Waals surface area contributed by atoms with Crippen LogP contribution >= 0.6 is 11.8 Å². The van der Waals surface area contributed by atoms with Crippen LogP contribution in [0.2, 0.25) is 0 Å². The van der Waals surface area contributed by atoms with Crippen molar-refractivity contribution >= 4 is 22.8 Å². The van der Waals surface area contributed by atoms with Gasteiger partial charge in [0.2, 0.25) is 0 Å². The van der Waals surface area contributed by atoms with Gasteiger partial charge in [-0.15, -0.1) is 0 Å². The lowest BCUT2D eigenvalue weighted by Gasteiger charge is -2.26. The number of nitrogens with zero attached hydrogens (tertiary/aromatic N) is 2. The number of rotatable bonds is 3.